The highest BCUT2D eigenvalue weighted by Gasteiger charge is 2.22. The number of non-ortho nitro benzene ring substituents is 1. The molecule has 0 aliphatic carbocycles. The van der Waals surface area contributed by atoms with E-state index in [9.17, 15) is 14.9 Å². The summed E-state index contributed by atoms with van der Waals surface area (Å²) in [6.07, 6.45) is 0.294. The van der Waals surface area contributed by atoms with Crippen LogP contribution in [0.4, 0.5) is 5.69 Å². The topological polar surface area (TPSA) is 103 Å². The number of thiophene rings is 1. The fraction of sp³-hybridized carbons (Fsp3) is 0.208. The van der Waals surface area contributed by atoms with Gasteiger partial charge in [-0.1, -0.05) is 42.1 Å². The third-order valence-corrected chi connectivity index (χ3v) is 7.13. The zero-order valence-electron chi connectivity index (χ0n) is 18.7. The van der Waals surface area contributed by atoms with Crippen LogP contribution < -0.4 is 5.32 Å². The lowest BCUT2D eigenvalue weighted by molar-refractivity contribution is -0.384. The molecule has 4 aromatic rings. The van der Waals surface area contributed by atoms with Gasteiger partial charge in [-0.05, 0) is 48.6 Å². The van der Waals surface area contributed by atoms with Gasteiger partial charge in [0.15, 0.2) is 11.0 Å². The normalized spacial score (nSPS) is 11.8. The van der Waals surface area contributed by atoms with Crippen molar-refractivity contribution in [2.45, 2.75) is 37.2 Å². The minimum Gasteiger partial charge on any atom is -0.346 e. The maximum Gasteiger partial charge on any atom is 0.269 e. The molecule has 2 aromatic carbocycles. The summed E-state index contributed by atoms with van der Waals surface area (Å²) in [5.41, 5.74) is 3.07. The van der Waals surface area contributed by atoms with Crippen LogP contribution in [0.5, 0.6) is 0 Å². The van der Waals surface area contributed by atoms with Crippen LogP contribution in [0.2, 0.25) is 0 Å². The van der Waals surface area contributed by atoms with E-state index in [0.717, 1.165) is 4.88 Å². The molecule has 0 aliphatic heterocycles. The monoisotopic (exact) mass is 493 g/mol. The van der Waals surface area contributed by atoms with E-state index < -0.39 is 11.0 Å². The summed E-state index contributed by atoms with van der Waals surface area (Å²) in [7, 11) is 0. The van der Waals surface area contributed by atoms with Gasteiger partial charge in [-0.2, -0.15) is 0 Å². The number of nitrogens with zero attached hydrogens (tertiary/aromatic N) is 4. The van der Waals surface area contributed by atoms with Gasteiger partial charge in [-0.3, -0.25) is 19.5 Å². The number of nitrogens with one attached hydrogen (secondary N) is 1. The molecule has 0 spiro atoms. The van der Waals surface area contributed by atoms with Crippen LogP contribution in [-0.2, 0) is 17.0 Å². The number of carbonyl (C=O) groups is 1. The van der Waals surface area contributed by atoms with E-state index in [1.807, 2.05) is 41.1 Å². The van der Waals surface area contributed by atoms with Crippen molar-refractivity contribution in [1.29, 1.82) is 0 Å². The highest BCUT2D eigenvalue weighted by molar-refractivity contribution is 7.98. The second-order valence-corrected chi connectivity index (χ2v) is 9.68. The largest absolute Gasteiger partial charge is 0.346 e. The standard InChI is InChI=1S/C24H23N5O3S2/c1-16-6-3-4-7-18(16)15-34-24-27-26-23(17(2)25-22(30)14-21-8-5-13-33-21)28(24)19-9-11-20(12-10-19)29(31)32/h3-13,17H,14-15H2,1-2H3,(H,25,30). The van der Waals surface area contributed by atoms with Gasteiger partial charge in [0.25, 0.3) is 5.69 Å². The lowest BCUT2D eigenvalue weighted by atomic mass is 10.1. The van der Waals surface area contributed by atoms with Crippen molar-refractivity contribution in [2.75, 3.05) is 0 Å². The number of benzene rings is 2. The van der Waals surface area contributed by atoms with E-state index in [1.165, 1.54) is 46.4 Å². The quantitative estimate of drug-likeness (QED) is 0.194. The first-order valence-corrected chi connectivity index (χ1v) is 12.5. The van der Waals surface area contributed by atoms with Gasteiger partial charge in [0, 0.05) is 28.5 Å². The van der Waals surface area contributed by atoms with Gasteiger partial charge in [-0.25, -0.2) is 0 Å². The van der Waals surface area contributed by atoms with Crippen molar-refractivity contribution in [3.05, 3.63) is 98.0 Å². The Bertz CT molecular complexity index is 1290. The summed E-state index contributed by atoms with van der Waals surface area (Å²) in [6.45, 7) is 3.92. The van der Waals surface area contributed by atoms with Crippen LogP contribution >= 0.6 is 23.1 Å². The summed E-state index contributed by atoms with van der Waals surface area (Å²) in [6, 6.07) is 17.8. The second-order valence-electron chi connectivity index (χ2n) is 7.71. The lowest BCUT2D eigenvalue weighted by Gasteiger charge is -2.16. The molecule has 1 amide bonds. The molecule has 0 saturated heterocycles. The van der Waals surface area contributed by atoms with Gasteiger partial charge in [0.05, 0.1) is 17.4 Å². The van der Waals surface area contributed by atoms with Crippen LogP contribution in [0.15, 0.2) is 71.2 Å². The van der Waals surface area contributed by atoms with E-state index >= 15 is 0 Å². The lowest BCUT2D eigenvalue weighted by Crippen LogP contribution is -2.29. The van der Waals surface area contributed by atoms with Gasteiger partial charge in [0.1, 0.15) is 0 Å². The smallest absolute Gasteiger partial charge is 0.269 e. The van der Waals surface area contributed by atoms with E-state index in [4.69, 9.17) is 0 Å². The Morgan fingerprint density at radius 2 is 1.91 bits per heavy atom. The molecule has 2 heterocycles. The second kappa shape index (κ2) is 10.6. The van der Waals surface area contributed by atoms with E-state index in [1.54, 1.807) is 12.1 Å². The number of aromatic nitrogens is 3. The zero-order valence-corrected chi connectivity index (χ0v) is 20.3. The highest BCUT2D eigenvalue weighted by atomic mass is 32.2. The summed E-state index contributed by atoms with van der Waals surface area (Å²) < 4.78 is 1.85. The van der Waals surface area contributed by atoms with Crippen molar-refractivity contribution in [1.82, 2.24) is 20.1 Å². The Morgan fingerprint density at radius 3 is 2.59 bits per heavy atom. The Kier molecular flexibility index (Phi) is 7.39. The molecular formula is C24H23N5O3S2. The summed E-state index contributed by atoms with van der Waals surface area (Å²) in [5, 5.41) is 25.5. The number of carbonyl (C=O) groups excluding carboxylic acids is 1. The minimum atomic E-state index is -0.432. The van der Waals surface area contributed by atoms with Crippen molar-refractivity contribution in [3.63, 3.8) is 0 Å². The van der Waals surface area contributed by atoms with Gasteiger partial charge in [-0.15, -0.1) is 21.5 Å². The molecule has 2 aromatic heterocycles. The molecule has 0 aliphatic rings. The van der Waals surface area contributed by atoms with Gasteiger partial charge in [0.2, 0.25) is 5.91 Å². The maximum atomic E-state index is 12.6. The van der Waals surface area contributed by atoms with Crippen LogP contribution in [-0.4, -0.2) is 25.6 Å². The molecule has 0 saturated carbocycles. The van der Waals surface area contributed by atoms with Crippen molar-refractivity contribution >= 4 is 34.7 Å². The fourth-order valence-corrected chi connectivity index (χ4v) is 5.20. The molecule has 1 unspecified atom stereocenters. The predicted molar refractivity (Wildman–Crippen MR) is 133 cm³/mol. The molecule has 34 heavy (non-hydrogen) atoms. The molecule has 10 heteroatoms. The zero-order chi connectivity index (χ0) is 24.1. The Balaban J connectivity index is 1.61. The maximum absolute atomic E-state index is 12.6. The summed E-state index contributed by atoms with van der Waals surface area (Å²) in [4.78, 5) is 24.2. The molecule has 1 atom stereocenters. The number of hydrogen-bond acceptors (Lipinski definition) is 7. The molecular weight excluding hydrogens is 470 g/mol. The average Bonchev–Trinajstić information content (AvgIpc) is 3.48. The number of rotatable bonds is 9. The van der Waals surface area contributed by atoms with E-state index in [-0.39, 0.29) is 11.6 Å². The number of hydrogen-bond donors (Lipinski definition) is 1. The van der Waals surface area contributed by atoms with Crippen LogP contribution in [0.1, 0.15) is 34.8 Å². The van der Waals surface area contributed by atoms with E-state index in [0.29, 0.717) is 28.8 Å². The molecule has 8 nitrogen and oxygen atoms in total. The first-order chi connectivity index (χ1) is 16.4. The first-order valence-electron chi connectivity index (χ1n) is 10.6. The van der Waals surface area contributed by atoms with Crippen LogP contribution in [0.3, 0.4) is 0 Å². The number of nitro benzene ring substituents is 1. The summed E-state index contributed by atoms with van der Waals surface area (Å²) >= 11 is 3.06. The van der Waals surface area contributed by atoms with Crippen LogP contribution in [0.25, 0.3) is 5.69 Å². The minimum absolute atomic E-state index is 0.00443. The Hall–Kier alpha value is -3.50. The van der Waals surface area contributed by atoms with Crippen molar-refractivity contribution in [3.8, 4) is 5.69 Å². The first kappa shape index (κ1) is 23.7. The molecule has 0 bridgehead atoms. The number of nitro groups is 1. The third kappa shape index (κ3) is 5.52. The number of thioether (sulfide) groups is 1. The Labute approximate surface area is 205 Å². The molecule has 0 radical (unpaired) electrons. The van der Waals surface area contributed by atoms with Crippen LogP contribution in [0, 0.1) is 17.0 Å². The Morgan fingerprint density at radius 1 is 1.15 bits per heavy atom. The predicted octanol–water partition coefficient (Wildman–Crippen LogP) is 5.26. The third-order valence-electron chi connectivity index (χ3n) is 5.27. The molecule has 174 valence electrons. The van der Waals surface area contributed by atoms with Gasteiger partial charge < -0.3 is 5.32 Å². The fourth-order valence-electron chi connectivity index (χ4n) is 3.46. The number of aryl methyl sites for hydroxylation is 1. The highest BCUT2D eigenvalue weighted by Crippen LogP contribution is 2.29. The molecule has 1 N–H and O–H groups in total. The molecule has 0 fully saturated rings. The number of amides is 1. The van der Waals surface area contributed by atoms with Gasteiger partial charge >= 0.3 is 0 Å². The SMILES string of the molecule is Cc1ccccc1CSc1nnc(C(C)NC(=O)Cc2cccs2)n1-c1ccc([N+](=O)[O-])cc1. The molecule has 4 rings (SSSR count). The average molecular weight is 494 g/mol. The summed E-state index contributed by atoms with van der Waals surface area (Å²) in [5.74, 6) is 1.14. The van der Waals surface area contributed by atoms with Crippen molar-refractivity contribution < 1.29 is 9.72 Å². The van der Waals surface area contributed by atoms with Crippen molar-refractivity contribution in [2.24, 2.45) is 0 Å². The van der Waals surface area contributed by atoms with E-state index in [2.05, 4.69) is 34.6 Å².